The van der Waals surface area contributed by atoms with Gasteiger partial charge < -0.3 is 5.32 Å². The van der Waals surface area contributed by atoms with E-state index in [0.29, 0.717) is 10.7 Å². The average Bonchev–Trinajstić information content (AvgIpc) is 2.76. The van der Waals surface area contributed by atoms with Crippen molar-refractivity contribution in [3.05, 3.63) is 87.5 Å². The molecule has 7 nitrogen and oxygen atoms in total. The minimum Gasteiger partial charge on any atom is -0.323 e. The standard InChI is InChI=1S/C22H17BrClN3O4S/c23-21-19(12-15-8-5-7-14-6-1-2-9-16(14)15)27(32(30,31)26-22(21)29)13-20(28)25-18-11-4-3-10-17(18)24/h1-11H,12-13H2,(H,25,28)(H,26,29). The molecule has 0 saturated heterocycles. The van der Waals surface area contributed by atoms with Crippen molar-refractivity contribution in [3.63, 3.8) is 0 Å². The Morgan fingerprint density at radius 3 is 2.50 bits per heavy atom. The smallest absolute Gasteiger partial charge is 0.323 e. The number of rotatable bonds is 5. The van der Waals surface area contributed by atoms with E-state index in [1.165, 1.54) is 0 Å². The summed E-state index contributed by atoms with van der Waals surface area (Å²) in [6.45, 7) is -0.539. The molecule has 10 heteroatoms. The van der Waals surface area contributed by atoms with Gasteiger partial charge in [-0.15, -0.1) is 0 Å². The van der Waals surface area contributed by atoms with Gasteiger partial charge in [-0.3, -0.25) is 9.59 Å². The van der Waals surface area contributed by atoms with Gasteiger partial charge in [-0.2, -0.15) is 8.42 Å². The van der Waals surface area contributed by atoms with E-state index < -0.39 is 28.6 Å². The summed E-state index contributed by atoms with van der Waals surface area (Å²) < 4.78 is 28.5. The number of carbonyl (C=O) groups is 2. The summed E-state index contributed by atoms with van der Waals surface area (Å²) in [6, 6.07) is 19.9. The monoisotopic (exact) mass is 533 g/mol. The molecule has 0 atom stereocenters. The fourth-order valence-corrected chi connectivity index (χ4v) is 5.52. The molecule has 1 aliphatic rings. The maximum absolute atomic E-state index is 12.8. The van der Waals surface area contributed by atoms with Crippen LogP contribution in [-0.2, 0) is 26.2 Å². The quantitative estimate of drug-likeness (QED) is 0.518. The molecule has 4 rings (SSSR count). The van der Waals surface area contributed by atoms with Crippen LogP contribution in [0.4, 0.5) is 5.69 Å². The van der Waals surface area contributed by atoms with E-state index in [1.807, 2.05) is 47.2 Å². The molecular formula is C22H17BrClN3O4S. The Bertz CT molecular complexity index is 1370. The highest BCUT2D eigenvalue weighted by atomic mass is 79.9. The number of hydrogen-bond donors (Lipinski definition) is 2. The molecule has 0 saturated carbocycles. The Morgan fingerprint density at radius 2 is 1.72 bits per heavy atom. The zero-order valence-corrected chi connectivity index (χ0v) is 19.7. The predicted octanol–water partition coefficient (Wildman–Crippen LogP) is 3.96. The Kier molecular flexibility index (Phi) is 6.23. The number of nitrogens with zero attached hydrogens (tertiary/aromatic N) is 1. The highest BCUT2D eigenvalue weighted by Gasteiger charge is 2.37. The molecule has 32 heavy (non-hydrogen) atoms. The van der Waals surface area contributed by atoms with E-state index in [9.17, 15) is 18.0 Å². The second-order valence-electron chi connectivity index (χ2n) is 7.05. The minimum absolute atomic E-state index is 0.0470. The van der Waals surface area contributed by atoms with Gasteiger partial charge in [0.1, 0.15) is 11.0 Å². The number of benzene rings is 3. The predicted molar refractivity (Wildman–Crippen MR) is 127 cm³/mol. The molecule has 0 aromatic heterocycles. The zero-order chi connectivity index (χ0) is 22.9. The van der Waals surface area contributed by atoms with Gasteiger partial charge in [0.05, 0.1) is 16.4 Å². The van der Waals surface area contributed by atoms with Crippen LogP contribution in [0.1, 0.15) is 5.56 Å². The fourth-order valence-electron chi connectivity index (χ4n) is 3.46. The Labute approximate surface area is 198 Å². The number of amides is 2. The molecule has 0 fully saturated rings. The van der Waals surface area contributed by atoms with Crippen molar-refractivity contribution in [2.45, 2.75) is 6.42 Å². The molecule has 1 heterocycles. The van der Waals surface area contributed by atoms with Crippen LogP contribution in [0.25, 0.3) is 10.8 Å². The Morgan fingerprint density at radius 1 is 1.03 bits per heavy atom. The van der Waals surface area contributed by atoms with Gasteiger partial charge in [0.2, 0.25) is 5.91 Å². The molecule has 2 N–H and O–H groups in total. The number of hydrogen-bond acceptors (Lipinski definition) is 4. The second kappa shape index (κ2) is 8.93. The normalized spacial score (nSPS) is 15.6. The van der Waals surface area contributed by atoms with Crippen molar-refractivity contribution in [1.29, 1.82) is 0 Å². The lowest BCUT2D eigenvalue weighted by Crippen LogP contribution is -2.50. The Hall–Kier alpha value is -2.88. The van der Waals surface area contributed by atoms with Crippen molar-refractivity contribution in [2.24, 2.45) is 0 Å². The van der Waals surface area contributed by atoms with Crippen LogP contribution in [0.2, 0.25) is 5.02 Å². The van der Waals surface area contributed by atoms with E-state index in [4.69, 9.17) is 11.6 Å². The highest BCUT2D eigenvalue weighted by molar-refractivity contribution is 9.12. The van der Waals surface area contributed by atoms with Crippen LogP contribution in [0.3, 0.4) is 0 Å². The van der Waals surface area contributed by atoms with Gasteiger partial charge in [0.15, 0.2) is 0 Å². The van der Waals surface area contributed by atoms with Crippen molar-refractivity contribution in [2.75, 3.05) is 11.9 Å². The lowest BCUT2D eigenvalue weighted by Gasteiger charge is -2.31. The van der Waals surface area contributed by atoms with Crippen molar-refractivity contribution < 1.29 is 18.0 Å². The van der Waals surface area contributed by atoms with Gasteiger partial charge in [-0.1, -0.05) is 66.2 Å². The van der Waals surface area contributed by atoms with E-state index in [-0.39, 0.29) is 16.6 Å². The first-order chi connectivity index (χ1) is 15.3. The number of fused-ring (bicyclic) bond motifs is 1. The minimum atomic E-state index is -4.27. The molecule has 0 spiro atoms. The first-order valence-electron chi connectivity index (χ1n) is 9.51. The van der Waals surface area contributed by atoms with Gasteiger partial charge in [0.25, 0.3) is 5.91 Å². The molecule has 0 radical (unpaired) electrons. The fraction of sp³-hybridized carbons (Fsp3) is 0.0909. The maximum Gasteiger partial charge on any atom is 0.326 e. The van der Waals surface area contributed by atoms with Crippen LogP contribution < -0.4 is 10.0 Å². The number of carbonyl (C=O) groups excluding carboxylic acids is 2. The molecule has 3 aromatic carbocycles. The van der Waals surface area contributed by atoms with Gasteiger partial charge in [0, 0.05) is 6.42 Å². The number of anilines is 1. The lowest BCUT2D eigenvalue weighted by atomic mass is 10.0. The largest absolute Gasteiger partial charge is 0.326 e. The molecule has 2 amide bonds. The third kappa shape index (κ3) is 4.50. The van der Waals surface area contributed by atoms with Crippen molar-refractivity contribution in [3.8, 4) is 0 Å². The van der Waals surface area contributed by atoms with Gasteiger partial charge in [-0.05, 0) is 44.4 Å². The highest BCUT2D eigenvalue weighted by Crippen LogP contribution is 2.30. The average molecular weight is 535 g/mol. The lowest BCUT2D eigenvalue weighted by molar-refractivity contribution is -0.117. The first kappa shape index (κ1) is 22.3. The summed E-state index contributed by atoms with van der Waals surface area (Å²) >= 11 is 9.29. The summed E-state index contributed by atoms with van der Waals surface area (Å²) in [5.41, 5.74) is 1.34. The van der Waals surface area contributed by atoms with Crippen LogP contribution in [0.15, 0.2) is 76.9 Å². The summed E-state index contributed by atoms with van der Waals surface area (Å²) in [5.74, 6) is -1.39. The SMILES string of the molecule is O=C(CN1C(Cc2cccc3ccccc23)=C(Br)C(=O)NS1(=O)=O)Nc1ccccc1Cl. The molecule has 3 aromatic rings. The first-order valence-corrected chi connectivity index (χ1v) is 12.1. The summed E-state index contributed by atoms with van der Waals surface area (Å²) in [4.78, 5) is 25.0. The summed E-state index contributed by atoms with van der Waals surface area (Å²) in [5, 5.41) is 4.83. The third-order valence-corrected chi connectivity index (χ3v) is 7.46. The summed E-state index contributed by atoms with van der Waals surface area (Å²) in [7, 11) is -4.27. The van der Waals surface area contributed by atoms with E-state index in [1.54, 1.807) is 24.3 Å². The van der Waals surface area contributed by atoms with Crippen molar-refractivity contribution >= 4 is 66.0 Å². The van der Waals surface area contributed by atoms with Crippen LogP contribution in [-0.4, -0.2) is 31.1 Å². The number of para-hydroxylation sites is 1. The van der Waals surface area contributed by atoms with Crippen molar-refractivity contribution in [1.82, 2.24) is 9.03 Å². The zero-order valence-electron chi connectivity index (χ0n) is 16.5. The number of allylic oxidation sites excluding steroid dienone is 1. The van der Waals surface area contributed by atoms with E-state index in [2.05, 4.69) is 21.2 Å². The number of halogens is 2. The van der Waals surface area contributed by atoms with Gasteiger partial charge >= 0.3 is 10.2 Å². The Balaban J connectivity index is 1.69. The number of nitrogens with one attached hydrogen (secondary N) is 2. The van der Waals surface area contributed by atoms with Crippen LogP contribution in [0.5, 0.6) is 0 Å². The second-order valence-corrected chi connectivity index (χ2v) is 9.84. The molecule has 0 aliphatic carbocycles. The molecule has 1 aliphatic heterocycles. The van der Waals surface area contributed by atoms with E-state index in [0.717, 1.165) is 20.6 Å². The van der Waals surface area contributed by atoms with Crippen LogP contribution >= 0.6 is 27.5 Å². The summed E-state index contributed by atoms with van der Waals surface area (Å²) in [6.07, 6.45) is 0.119. The maximum atomic E-state index is 12.8. The molecule has 0 bridgehead atoms. The van der Waals surface area contributed by atoms with E-state index >= 15 is 0 Å². The third-order valence-electron chi connectivity index (χ3n) is 4.94. The molecule has 0 unspecified atom stereocenters. The topological polar surface area (TPSA) is 95.6 Å². The van der Waals surface area contributed by atoms with Crippen LogP contribution in [0, 0.1) is 0 Å². The molecular weight excluding hydrogens is 518 g/mol. The molecule has 164 valence electrons. The van der Waals surface area contributed by atoms with Gasteiger partial charge in [-0.25, -0.2) is 9.03 Å².